The topological polar surface area (TPSA) is 29.5 Å². The van der Waals surface area contributed by atoms with Crippen LogP contribution >= 0.6 is 23.2 Å². The highest BCUT2D eigenvalue weighted by molar-refractivity contribution is 6.56. The molecule has 2 rings (SSSR count). The molecule has 1 saturated carbocycles. The Morgan fingerprint density at radius 1 is 1.19 bits per heavy atom. The van der Waals surface area contributed by atoms with E-state index in [-0.39, 0.29) is 12.1 Å². The molecule has 2 atom stereocenters. The SMILES string of the molecule is CN(C)[C@@H]1CCCC[C@@H]1OC(=O)C(Cl)(Cl)c1ccccc1. The number of ether oxygens (including phenoxy) is 1. The van der Waals surface area contributed by atoms with Gasteiger partial charge in [-0.05, 0) is 38.9 Å². The van der Waals surface area contributed by atoms with Gasteiger partial charge in [0.15, 0.2) is 0 Å². The van der Waals surface area contributed by atoms with Gasteiger partial charge in [-0.15, -0.1) is 0 Å². The normalized spacial score (nSPS) is 23.1. The number of rotatable bonds is 4. The summed E-state index contributed by atoms with van der Waals surface area (Å²) in [6.07, 6.45) is 3.94. The molecule has 0 amide bonds. The lowest BCUT2D eigenvalue weighted by Gasteiger charge is -2.36. The van der Waals surface area contributed by atoms with Crippen molar-refractivity contribution in [1.82, 2.24) is 4.90 Å². The van der Waals surface area contributed by atoms with Crippen LogP contribution in [-0.2, 0) is 13.9 Å². The average Bonchev–Trinajstić information content (AvgIpc) is 2.48. The van der Waals surface area contributed by atoms with Crippen LogP contribution in [0.2, 0.25) is 0 Å². The predicted molar refractivity (Wildman–Crippen MR) is 85.6 cm³/mol. The van der Waals surface area contributed by atoms with Gasteiger partial charge in [0.1, 0.15) is 6.10 Å². The number of hydrogen-bond donors (Lipinski definition) is 0. The first kappa shape index (κ1) is 16.6. The lowest BCUT2D eigenvalue weighted by atomic mass is 9.91. The Balaban J connectivity index is 2.09. The van der Waals surface area contributed by atoms with Gasteiger partial charge in [-0.3, -0.25) is 0 Å². The Labute approximate surface area is 136 Å². The van der Waals surface area contributed by atoms with Gasteiger partial charge in [-0.25, -0.2) is 4.79 Å². The van der Waals surface area contributed by atoms with E-state index < -0.39 is 10.3 Å². The summed E-state index contributed by atoms with van der Waals surface area (Å²) in [6.45, 7) is 0. The maximum absolute atomic E-state index is 12.4. The van der Waals surface area contributed by atoms with Crippen molar-refractivity contribution in [2.24, 2.45) is 0 Å². The number of hydrogen-bond acceptors (Lipinski definition) is 3. The first-order chi connectivity index (χ1) is 9.93. The number of halogens is 2. The molecule has 0 radical (unpaired) electrons. The first-order valence-corrected chi connectivity index (χ1v) is 7.99. The standard InChI is InChI=1S/C16H21Cl2NO2/c1-19(2)13-10-6-7-11-14(13)21-15(20)16(17,18)12-8-4-3-5-9-12/h3-5,8-9,13-14H,6-7,10-11H2,1-2H3/t13-,14+/m1/s1. The molecule has 5 heteroatoms. The Bertz CT molecular complexity index is 476. The van der Waals surface area contributed by atoms with Gasteiger partial charge >= 0.3 is 5.97 Å². The summed E-state index contributed by atoms with van der Waals surface area (Å²) < 4.78 is 3.98. The highest BCUT2D eigenvalue weighted by Crippen LogP contribution is 2.36. The van der Waals surface area contributed by atoms with Crippen LogP contribution in [0.25, 0.3) is 0 Å². The Morgan fingerprint density at radius 2 is 1.81 bits per heavy atom. The van der Waals surface area contributed by atoms with Gasteiger partial charge in [0, 0.05) is 6.04 Å². The summed E-state index contributed by atoms with van der Waals surface area (Å²) in [5.41, 5.74) is 0.538. The minimum Gasteiger partial charge on any atom is -0.458 e. The third kappa shape index (κ3) is 3.91. The summed E-state index contributed by atoms with van der Waals surface area (Å²) in [4.78, 5) is 14.5. The van der Waals surface area contributed by atoms with E-state index in [9.17, 15) is 4.79 Å². The fraction of sp³-hybridized carbons (Fsp3) is 0.562. The fourth-order valence-corrected chi connectivity index (χ4v) is 3.12. The van der Waals surface area contributed by atoms with E-state index in [1.165, 1.54) is 0 Å². The Hall–Kier alpha value is -0.770. The molecule has 1 aromatic carbocycles. The molecule has 1 aromatic rings. The fourth-order valence-electron chi connectivity index (χ4n) is 2.78. The molecule has 21 heavy (non-hydrogen) atoms. The summed E-state index contributed by atoms with van der Waals surface area (Å²) in [7, 11) is 4.01. The quantitative estimate of drug-likeness (QED) is 0.622. The van der Waals surface area contributed by atoms with Crippen LogP contribution in [-0.4, -0.2) is 37.1 Å². The molecule has 0 unspecified atom stereocenters. The molecule has 116 valence electrons. The highest BCUT2D eigenvalue weighted by Gasteiger charge is 2.41. The van der Waals surface area contributed by atoms with Crippen molar-refractivity contribution in [2.45, 2.75) is 42.2 Å². The highest BCUT2D eigenvalue weighted by atomic mass is 35.5. The zero-order valence-electron chi connectivity index (χ0n) is 12.4. The third-order valence-electron chi connectivity index (χ3n) is 3.98. The molecular weight excluding hydrogens is 309 g/mol. The number of carbonyl (C=O) groups excluding carboxylic acids is 1. The molecule has 0 saturated heterocycles. The van der Waals surface area contributed by atoms with Gasteiger partial charge in [-0.2, -0.15) is 0 Å². The second-order valence-electron chi connectivity index (χ2n) is 5.70. The molecule has 0 N–H and O–H groups in total. The molecule has 0 aromatic heterocycles. The van der Waals surface area contributed by atoms with E-state index in [2.05, 4.69) is 4.90 Å². The zero-order valence-corrected chi connectivity index (χ0v) is 13.9. The number of benzene rings is 1. The van der Waals surface area contributed by atoms with Crippen molar-refractivity contribution < 1.29 is 9.53 Å². The van der Waals surface area contributed by atoms with E-state index in [1.54, 1.807) is 24.3 Å². The van der Waals surface area contributed by atoms with Crippen LogP contribution in [0.5, 0.6) is 0 Å². The molecule has 1 aliphatic rings. The minimum absolute atomic E-state index is 0.151. The van der Waals surface area contributed by atoms with Crippen LogP contribution in [0, 0.1) is 0 Å². The smallest absolute Gasteiger partial charge is 0.347 e. The number of likely N-dealkylation sites (N-methyl/N-ethyl adjacent to an activating group) is 1. The van der Waals surface area contributed by atoms with Crippen LogP contribution < -0.4 is 0 Å². The summed E-state index contributed by atoms with van der Waals surface area (Å²) in [6, 6.07) is 9.12. The second-order valence-corrected chi connectivity index (χ2v) is 7.03. The first-order valence-electron chi connectivity index (χ1n) is 7.24. The summed E-state index contributed by atoms with van der Waals surface area (Å²) in [5, 5.41) is 0. The van der Waals surface area contributed by atoms with Crippen molar-refractivity contribution in [3.05, 3.63) is 35.9 Å². The molecule has 1 fully saturated rings. The molecule has 0 aliphatic heterocycles. The second kappa shape index (κ2) is 6.99. The van der Waals surface area contributed by atoms with Crippen molar-refractivity contribution >= 4 is 29.2 Å². The van der Waals surface area contributed by atoms with Crippen molar-refractivity contribution in [3.63, 3.8) is 0 Å². The summed E-state index contributed by atoms with van der Waals surface area (Å²) in [5.74, 6) is -0.587. The van der Waals surface area contributed by atoms with E-state index in [0.29, 0.717) is 5.56 Å². The third-order valence-corrected chi connectivity index (χ3v) is 4.73. The summed E-state index contributed by atoms with van der Waals surface area (Å²) >= 11 is 12.5. The maximum Gasteiger partial charge on any atom is 0.347 e. The van der Waals surface area contributed by atoms with Crippen molar-refractivity contribution in [2.75, 3.05) is 14.1 Å². The zero-order chi connectivity index (χ0) is 15.5. The molecule has 3 nitrogen and oxygen atoms in total. The van der Waals surface area contributed by atoms with Crippen molar-refractivity contribution in [1.29, 1.82) is 0 Å². The van der Waals surface area contributed by atoms with E-state index in [0.717, 1.165) is 25.7 Å². The Kier molecular flexibility index (Phi) is 5.53. The molecule has 1 aliphatic carbocycles. The van der Waals surface area contributed by atoms with Gasteiger partial charge in [0.05, 0.1) is 0 Å². The molecular formula is C16H21Cl2NO2. The van der Waals surface area contributed by atoms with E-state index in [1.807, 2.05) is 20.2 Å². The number of alkyl halides is 2. The Morgan fingerprint density at radius 3 is 2.43 bits per heavy atom. The lowest BCUT2D eigenvalue weighted by molar-refractivity contribution is -0.155. The van der Waals surface area contributed by atoms with Gasteiger partial charge in [-0.1, -0.05) is 60.0 Å². The maximum atomic E-state index is 12.4. The molecule has 0 heterocycles. The minimum atomic E-state index is -1.66. The van der Waals surface area contributed by atoms with E-state index in [4.69, 9.17) is 27.9 Å². The number of nitrogens with zero attached hydrogens (tertiary/aromatic N) is 1. The van der Waals surface area contributed by atoms with Gasteiger partial charge in [0.25, 0.3) is 0 Å². The molecule has 0 bridgehead atoms. The van der Waals surface area contributed by atoms with Crippen LogP contribution in [0.1, 0.15) is 31.2 Å². The number of carbonyl (C=O) groups is 1. The van der Waals surface area contributed by atoms with Gasteiger partial charge in [0.2, 0.25) is 4.33 Å². The number of esters is 1. The van der Waals surface area contributed by atoms with E-state index >= 15 is 0 Å². The average molecular weight is 330 g/mol. The van der Waals surface area contributed by atoms with Gasteiger partial charge < -0.3 is 9.64 Å². The van der Waals surface area contributed by atoms with Crippen LogP contribution in [0.3, 0.4) is 0 Å². The monoisotopic (exact) mass is 329 g/mol. The molecule has 0 spiro atoms. The predicted octanol–water partition coefficient (Wildman–Crippen LogP) is 3.73. The van der Waals surface area contributed by atoms with Crippen LogP contribution in [0.15, 0.2) is 30.3 Å². The van der Waals surface area contributed by atoms with Crippen molar-refractivity contribution in [3.8, 4) is 0 Å². The van der Waals surface area contributed by atoms with Crippen LogP contribution in [0.4, 0.5) is 0 Å². The largest absolute Gasteiger partial charge is 0.458 e. The lowest BCUT2D eigenvalue weighted by Crippen LogP contribution is -2.45.